The molecule has 1 amide bonds. The van der Waals surface area contributed by atoms with Crippen LogP contribution in [0.15, 0.2) is 97.1 Å². The van der Waals surface area contributed by atoms with E-state index < -0.39 is 0 Å². The van der Waals surface area contributed by atoms with E-state index in [1.165, 1.54) is 0 Å². The summed E-state index contributed by atoms with van der Waals surface area (Å²) in [6.45, 7) is 3.89. The maximum absolute atomic E-state index is 12.9. The highest BCUT2D eigenvalue weighted by Crippen LogP contribution is 2.27. The molecule has 0 saturated carbocycles. The first-order chi connectivity index (χ1) is 17.5. The van der Waals surface area contributed by atoms with Gasteiger partial charge in [0, 0.05) is 17.4 Å². The number of aryl methyl sites for hydroxylation is 2. The summed E-state index contributed by atoms with van der Waals surface area (Å²) in [5, 5.41) is 15.6. The lowest BCUT2D eigenvalue weighted by molar-refractivity contribution is 0.102. The lowest BCUT2D eigenvalue weighted by Crippen LogP contribution is -2.12. The van der Waals surface area contributed by atoms with E-state index >= 15 is 0 Å². The van der Waals surface area contributed by atoms with Crippen molar-refractivity contribution in [2.75, 3.05) is 5.32 Å². The zero-order valence-electron chi connectivity index (χ0n) is 19.8. The first kappa shape index (κ1) is 22.8. The number of anilines is 1. The van der Waals surface area contributed by atoms with Crippen molar-refractivity contribution in [1.82, 2.24) is 20.0 Å². The van der Waals surface area contributed by atoms with Crippen LogP contribution in [0.5, 0.6) is 23.1 Å². The molecular weight excluding hydrogens is 454 g/mol. The van der Waals surface area contributed by atoms with Crippen LogP contribution < -0.4 is 14.8 Å². The van der Waals surface area contributed by atoms with Crippen molar-refractivity contribution in [3.05, 3.63) is 114 Å². The summed E-state index contributed by atoms with van der Waals surface area (Å²) in [5.74, 6) is 2.38. The Balaban J connectivity index is 1.24. The predicted octanol–water partition coefficient (Wildman–Crippen LogP) is 6.12. The van der Waals surface area contributed by atoms with Crippen LogP contribution in [0.4, 0.5) is 5.69 Å². The fourth-order valence-electron chi connectivity index (χ4n) is 3.63. The second kappa shape index (κ2) is 10.1. The molecule has 0 unspecified atom stereocenters. The first-order valence-electron chi connectivity index (χ1n) is 11.3. The summed E-state index contributed by atoms with van der Waals surface area (Å²) >= 11 is 0. The minimum atomic E-state index is -0.277. The molecule has 0 atom stereocenters. The van der Waals surface area contributed by atoms with E-state index in [0.717, 1.165) is 11.4 Å². The highest BCUT2D eigenvalue weighted by atomic mass is 16.5. The third kappa shape index (κ3) is 5.23. The van der Waals surface area contributed by atoms with Crippen LogP contribution in [0.3, 0.4) is 0 Å². The summed E-state index contributed by atoms with van der Waals surface area (Å²) in [7, 11) is 0. The van der Waals surface area contributed by atoms with Gasteiger partial charge in [0.2, 0.25) is 5.88 Å². The van der Waals surface area contributed by atoms with Gasteiger partial charge < -0.3 is 14.8 Å². The van der Waals surface area contributed by atoms with Gasteiger partial charge in [-0.3, -0.25) is 4.79 Å². The molecule has 8 nitrogen and oxygen atoms in total. The van der Waals surface area contributed by atoms with Crippen molar-refractivity contribution in [2.24, 2.45) is 0 Å². The normalized spacial score (nSPS) is 10.6. The molecule has 2 aromatic heterocycles. The number of para-hydroxylation sites is 2. The molecule has 8 heteroatoms. The molecule has 0 fully saturated rings. The Hall–Kier alpha value is -4.98. The highest BCUT2D eigenvalue weighted by molar-refractivity contribution is 6.06. The van der Waals surface area contributed by atoms with Gasteiger partial charge in [0.1, 0.15) is 17.2 Å². The highest BCUT2D eigenvalue weighted by Gasteiger charge is 2.13. The average Bonchev–Trinajstić information content (AvgIpc) is 3.24. The topological polar surface area (TPSA) is 91.2 Å². The maximum Gasteiger partial charge on any atom is 0.259 e. The third-order valence-electron chi connectivity index (χ3n) is 5.29. The van der Waals surface area contributed by atoms with Crippen molar-refractivity contribution in [3.8, 4) is 28.9 Å². The van der Waals surface area contributed by atoms with Crippen LogP contribution in [0, 0.1) is 13.8 Å². The smallest absolute Gasteiger partial charge is 0.259 e. The monoisotopic (exact) mass is 477 g/mol. The Morgan fingerprint density at radius 2 is 1.50 bits per heavy atom. The number of benzene rings is 3. The Morgan fingerprint density at radius 3 is 2.19 bits per heavy atom. The minimum absolute atomic E-state index is 0.277. The van der Waals surface area contributed by atoms with Gasteiger partial charge in [-0.05, 0) is 74.5 Å². The summed E-state index contributed by atoms with van der Waals surface area (Å²) < 4.78 is 13.4. The number of aromatic nitrogens is 4. The van der Waals surface area contributed by atoms with E-state index in [-0.39, 0.29) is 5.91 Å². The quantitative estimate of drug-likeness (QED) is 0.304. The fraction of sp³-hybridized carbons (Fsp3) is 0.0714. The summed E-state index contributed by atoms with van der Waals surface area (Å²) in [6, 6.07) is 29.0. The molecule has 0 saturated heterocycles. The molecule has 0 aliphatic heterocycles. The lowest BCUT2D eigenvalue weighted by atomic mass is 10.1. The van der Waals surface area contributed by atoms with Crippen molar-refractivity contribution < 1.29 is 14.3 Å². The van der Waals surface area contributed by atoms with Gasteiger partial charge in [-0.15, -0.1) is 10.2 Å². The largest absolute Gasteiger partial charge is 0.457 e. The van der Waals surface area contributed by atoms with Gasteiger partial charge in [-0.25, -0.2) is 4.68 Å². The van der Waals surface area contributed by atoms with Gasteiger partial charge in [0.05, 0.1) is 11.3 Å². The van der Waals surface area contributed by atoms with Crippen molar-refractivity contribution in [2.45, 2.75) is 13.8 Å². The molecule has 5 aromatic rings. The van der Waals surface area contributed by atoms with E-state index in [2.05, 4.69) is 20.6 Å². The number of amides is 1. The number of rotatable bonds is 7. The van der Waals surface area contributed by atoms with Gasteiger partial charge in [0.15, 0.2) is 5.82 Å². The number of hydrogen-bond donors (Lipinski definition) is 1. The van der Waals surface area contributed by atoms with Gasteiger partial charge in [-0.1, -0.05) is 30.3 Å². The summed E-state index contributed by atoms with van der Waals surface area (Å²) in [4.78, 5) is 12.9. The molecule has 0 aliphatic rings. The number of carbonyl (C=O) groups is 1. The molecule has 36 heavy (non-hydrogen) atoms. The Morgan fingerprint density at radius 1 is 0.778 bits per heavy atom. The zero-order valence-corrected chi connectivity index (χ0v) is 19.8. The van der Waals surface area contributed by atoms with Gasteiger partial charge in [0.25, 0.3) is 5.91 Å². The Labute approximate surface area is 208 Å². The van der Waals surface area contributed by atoms with Crippen molar-refractivity contribution >= 4 is 11.6 Å². The van der Waals surface area contributed by atoms with E-state index in [1.807, 2.05) is 56.3 Å². The number of carbonyl (C=O) groups excluding carboxylic acids is 1. The van der Waals surface area contributed by atoms with Crippen LogP contribution in [0.2, 0.25) is 0 Å². The maximum atomic E-state index is 12.9. The van der Waals surface area contributed by atoms with Crippen LogP contribution in [0.1, 0.15) is 21.7 Å². The van der Waals surface area contributed by atoms with Gasteiger partial charge >= 0.3 is 0 Å². The second-order valence-corrected chi connectivity index (χ2v) is 8.06. The zero-order chi connectivity index (χ0) is 24.9. The predicted molar refractivity (Wildman–Crippen MR) is 136 cm³/mol. The van der Waals surface area contributed by atoms with Crippen LogP contribution >= 0.6 is 0 Å². The van der Waals surface area contributed by atoms with E-state index in [0.29, 0.717) is 40.2 Å². The SMILES string of the molecule is Cc1cc(C)n(-c2ccc(Oc3ccc(NC(=O)c4ccccc4Oc4ccccc4)cc3)nn2)n1. The molecule has 1 N–H and O–H groups in total. The van der Waals surface area contributed by atoms with Gasteiger partial charge in [-0.2, -0.15) is 5.10 Å². The average molecular weight is 478 g/mol. The summed E-state index contributed by atoms with van der Waals surface area (Å²) in [6.07, 6.45) is 0. The van der Waals surface area contributed by atoms with Crippen molar-refractivity contribution in [3.63, 3.8) is 0 Å². The molecule has 0 spiro atoms. The van der Waals surface area contributed by atoms with E-state index in [4.69, 9.17) is 9.47 Å². The molecule has 178 valence electrons. The second-order valence-electron chi connectivity index (χ2n) is 8.06. The number of nitrogens with one attached hydrogen (secondary N) is 1. The third-order valence-corrected chi connectivity index (χ3v) is 5.29. The molecular formula is C28H23N5O3. The fourth-order valence-corrected chi connectivity index (χ4v) is 3.63. The van der Waals surface area contributed by atoms with Crippen LogP contribution in [-0.4, -0.2) is 25.9 Å². The minimum Gasteiger partial charge on any atom is -0.457 e. The Kier molecular flexibility index (Phi) is 6.40. The van der Waals surface area contributed by atoms with Crippen LogP contribution in [-0.2, 0) is 0 Å². The number of ether oxygens (including phenoxy) is 2. The summed E-state index contributed by atoms with van der Waals surface area (Å²) in [5.41, 5.74) is 2.93. The molecule has 2 heterocycles. The molecule has 5 rings (SSSR count). The lowest BCUT2D eigenvalue weighted by Gasteiger charge is -2.12. The van der Waals surface area contributed by atoms with E-state index in [1.54, 1.807) is 59.3 Å². The molecule has 3 aromatic carbocycles. The molecule has 0 radical (unpaired) electrons. The first-order valence-corrected chi connectivity index (χ1v) is 11.3. The Bertz CT molecular complexity index is 1480. The number of hydrogen-bond acceptors (Lipinski definition) is 6. The number of nitrogens with zero attached hydrogens (tertiary/aromatic N) is 4. The van der Waals surface area contributed by atoms with E-state index in [9.17, 15) is 4.79 Å². The molecule has 0 bridgehead atoms. The molecule has 0 aliphatic carbocycles. The standard InChI is InChI=1S/C28H23N5O3/c1-19-18-20(2)33(32-19)26-16-17-27(31-30-26)36-23-14-12-21(13-15-23)29-28(34)24-10-6-7-11-25(24)35-22-8-4-3-5-9-22/h3-18H,1-2H3,(H,29,34). The van der Waals surface area contributed by atoms with Crippen molar-refractivity contribution in [1.29, 1.82) is 0 Å². The van der Waals surface area contributed by atoms with Crippen LogP contribution in [0.25, 0.3) is 5.82 Å².